The molecule has 84 valence electrons. The summed E-state index contributed by atoms with van der Waals surface area (Å²) in [7, 11) is 0. The van der Waals surface area contributed by atoms with Crippen molar-refractivity contribution in [1.29, 1.82) is 0 Å². The van der Waals surface area contributed by atoms with Gasteiger partial charge in [0.05, 0.1) is 0 Å². The number of rotatable bonds is 4. The van der Waals surface area contributed by atoms with Gasteiger partial charge < -0.3 is 0 Å². The molecule has 0 radical (unpaired) electrons. The number of alkyl halides is 1. The van der Waals surface area contributed by atoms with E-state index in [9.17, 15) is 0 Å². The molecule has 0 saturated heterocycles. The molecular formula is C13H18Cl2. The Kier molecular flexibility index (Phi) is 4.48. The highest BCUT2D eigenvalue weighted by Crippen LogP contribution is 2.29. The predicted molar refractivity (Wildman–Crippen MR) is 68.9 cm³/mol. The fourth-order valence-corrected chi connectivity index (χ4v) is 2.66. The van der Waals surface area contributed by atoms with Gasteiger partial charge in [0.15, 0.2) is 0 Å². The molecule has 0 N–H and O–H groups in total. The SMILES string of the molecule is CC(Cl)CC(C)(C)Cc1cccc(Cl)c1. The van der Waals surface area contributed by atoms with E-state index >= 15 is 0 Å². The second kappa shape index (κ2) is 5.23. The minimum Gasteiger partial charge on any atom is -0.123 e. The minimum absolute atomic E-state index is 0.221. The molecule has 1 atom stereocenters. The van der Waals surface area contributed by atoms with E-state index in [1.807, 2.05) is 25.1 Å². The Morgan fingerprint density at radius 3 is 2.53 bits per heavy atom. The van der Waals surface area contributed by atoms with Crippen LogP contribution >= 0.6 is 23.2 Å². The summed E-state index contributed by atoms with van der Waals surface area (Å²) in [5.74, 6) is 0. The van der Waals surface area contributed by atoms with Crippen LogP contribution in [0.2, 0.25) is 5.02 Å². The zero-order valence-electron chi connectivity index (χ0n) is 9.56. The van der Waals surface area contributed by atoms with Crippen LogP contribution < -0.4 is 0 Å². The van der Waals surface area contributed by atoms with Gasteiger partial charge in [-0.25, -0.2) is 0 Å². The first-order valence-corrected chi connectivity index (χ1v) is 6.09. The summed E-state index contributed by atoms with van der Waals surface area (Å²) in [6.45, 7) is 6.53. The number of hydrogen-bond donors (Lipinski definition) is 0. The van der Waals surface area contributed by atoms with Crippen LogP contribution in [0.25, 0.3) is 0 Å². The predicted octanol–water partition coefficient (Wildman–Crippen LogP) is 4.93. The van der Waals surface area contributed by atoms with Gasteiger partial charge in [0.1, 0.15) is 0 Å². The first kappa shape index (κ1) is 12.9. The average Bonchev–Trinajstić information content (AvgIpc) is 1.99. The zero-order valence-corrected chi connectivity index (χ0v) is 11.1. The summed E-state index contributed by atoms with van der Waals surface area (Å²) < 4.78 is 0. The first-order chi connectivity index (χ1) is 6.89. The third kappa shape index (κ3) is 4.90. The first-order valence-electron chi connectivity index (χ1n) is 5.27. The lowest BCUT2D eigenvalue weighted by Crippen LogP contribution is -2.18. The van der Waals surface area contributed by atoms with E-state index in [-0.39, 0.29) is 10.8 Å². The Hall–Kier alpha value is -0.200. The van der Waals surface area contributed by atoms with E-state index in [4.69, 9.17) is 23.2 Å². The van der Waals surface area contributed by atoms with Crippen molar-refractivity contribution in [2.75, 3.05) is 0 Å². The number of hydrogen-bond acceptors (Lipinski definition) is 0. The molecule has 1 aromatic rings. The van der Waals surface area contributed by atoms with Crippen LogP contribution in [-0.4, -0.2) is 5.38 Å². The van der Waals surface area contributed by atoms with Crippen LogP contribution in [0.15, 0.2) is 24.3 Å². The average molecular weight is 245 g/mol. The second-order valence-corrected chi connectivity index (χ2v) is 6.14. The molecule has 0 fully saturated rings. The summed E-state index contributed by atoms with van der Waals surface area (Å²) in [5.41, 5.74) is 1.51. The molecule has 0 aliphatic heterocycles. The van der Waals surface area contributed by atoms with Crippen LogP contribution in [0.1, 0.15) is 32.8 Å². The van der Waals surface area contributed by atoms with E-state index in [0.717, 1.165) is 17.9 Å². The van der Waals surface area contributed by atoms with E-state index in [0.29, 0.717) is 0 Å². The van der Waals surface area contributed by atoms with Crippen LogP contribution in [0.4, 0.5) is 0 Å². The molecule has 0 heterocycles. The second-order valence-electron chi connectivity index (χ2n) is 4.96. The molecule has 0 amide bonds. The van der Waals surface area contributed by atoms with E-state index in [2.05, 4.69) is 19.9 Å². The summed E-state index contributed by atoms with van der Waals surface area (Å²) in [4.78, 5) is 0. The smallest absolute Gasteiger partial charge is 0.0408 e. The highest BCUT2D eigenvalue weighted by Gasteiger charge is 2.20. The van der Waals surface area contributed by atoms with Gasteiger partial charge >= 0.3 is 0 Å². The van der Waals surface area contributed by atoms with Gasteiger partial charge in [0.2, 0.25) is 0 Å². The van der Waals surface area contributed by atoms with Crippen molar-refractivity contribution in [2.45, 2.75) is 39.0 Å². The molecule has 1 aromatic carbocycles. The van der Waals surface area contributed by atoms with Gasteiger partial charge in [-0.1, -0.05) is 37.6 Å². The molecule has 2 heteroatoms. The summed E-state index contributed by atoms with van der Waals surface area (Å²) in [6, 6.07) is 8.05. The zero-order chi connectivity index (χ0) is 11.5. The van der Waals surface area contributed by atoms with Crippen LogP contribution in [0.5, 0.6) is 0 Å². The lowest BCUT2D eigenvalue weighted by Gasteiger charge is -2.26. The quantitative estimate of drug-likeness (QED) is 0.660. The third-order valence-corrected chi connectivity index (χ3v) is 2.79. The van der Waals surface area contributed by atoms with Crippen molar-refractivity contribution in [3.05, 3.63) is 34.9 Å². The van der Waals surface area contributed by atoms with Crippen molar-refractivity contribution < 1.29 is 0 Å². The van der Waals surface area contributed by atoms with Crippen molar-refractivity contribution in [3.63, 3.8) is 0 Å². The molecule has 0 spiro atoms. The van der Waals surface area contributed by atoms with Crippen LogP contribution in [0.3, 0.4) is 0 Å². The molecule has 1 rings (SSSR count). The monoisotopic (exact) mass is 244 g/mol. The lowest BCUT2D eigenvalue weighted by atomic mass is 9.82. The van der Waals surface area contributed by atoms with Crippen molar-refractivity contribution in [2.24, 2.45) is 5.41 Å². The van der Waals surface area contributed by atoms with Gasteiger partial charge in [-0.05, 0) is 42.9 Å². The molecule has 15 heavy (non-hydrogen) atoms. The van der Waals surface area contributed by atoms with Gasteiger partial charge in [0, 0.05) is 10.4 Å². The molecule has 1 unspecified atom stereocenters. The Morgan fingerprint density at radius 1 is 1.33 bits per heavy atom. The number of halogens is 2. The molecule has 0 nitrogen and oxygen atoms in total. The molecular weight excluding hydrogens is 227 g/mol. The summed E-state index contributed by atoms with van der Waals surface area (Å²) in [5, 5.41) is 1.03. The van der Waals surface area contributed by atoms with Crippen LogP contribution in [-0.2, 0) is 6.42 Å². The summed E-state index contributed by atoms with van der Waals surface area (Å²) >= 11 is 12.0. The maximum atomic E-state index is 6.03. The van der Waals surface area contributed by atoms with Crippen molar-refractivity contribution in [1.82, 2.24) is 0 Å². The molecule has 0 aliphatic rings. The molecule has 0 aliphatic carbocycles. The highest BCUT2D eigenvalue weighted by molar-refractivity contribution is 6.30. The summed E-state index contributed by atoms with van der Waals surface area (Å²) in [6.07, 6.45) is 2.03. The van der Waals surface area contributed by atoms with Gasteiger partial charge in [-0.15, -0.1) is 11.6 Å². The fraction of sp³-hybridized carbons (Fsp3) is 0.538. The Balaban J connectivity index is 2.68. The standard InChI is InChI=1S/C13H18Cl2/c1-10(14)8-13(2,3)9-11-5-4-6-12(15)7-11/h4-7,10H,8-9H2,1-3H3. The molecule has 0 bridgehead atoms. The van der Waals surface area contributed by atoms with Gasteiger partial charge in [-0.3, -0.25) is 0 Å². The third-order valence-electron chi connectivity index (χ3n) is 2.41. The fourth-order valence-electron chi connectivity index (χ4n) is 2.03. The highest BCUT2D eigenvalue weighted by atomic mass is 35.5. The van der Waals surface area contributed by atoms with Gasteiger partial charge in [0.25, 0.3) is 0 Å². The largest absolute Gasteiger partial charge is 0.123 e. The van der Waals surface area contributed by atoms with Crippen LogP contribution in [0, 0.1) is 5.41 Å². The normalized spacial score (nSPS) is 13.9. The van der Waals surface area contributed by atoms with Gasteiger partial charge in [-0.2, -0.15) is 0 Å². The van der Waals surface area contributed by atoms with E-state index in [1.165, 1.54) is 5.56 Å². The maximum absolute atomic E-state index is 6.03. The number of benzene rings is 1. The van der Waals surface area contributed by atoms with E-state index < -0.39 is 0 Å². The minimum atomic E-state index is 0.221. The topological polar surface area (TPSA) is 0 Å². The van der Waals surface area contributed by atoms with E-state index in [1.54, 1.807) is 0 Å². The maximum Gasteiger partial charge on any atom is 0.0408 e. The lowest BCUT2D eigenvalue weighted by molar-refractivity contribution is 0.331. The molecule has 0 saturated carbocycles. The Labute approximate surface area is 103 Å². The molecule has 0 aromatic heterocycles. The van der Waals surface area contributed by atoms with Crippen molar-refractivity contribution >= 4 is 23.2 Å². The Bertz CT molecular complexity index is 316. The van der Waals surface area contributed by atoms with Crippen molar-refractivity contribution in [3.8, 4) is 0 Å². The Morgan fingerprint density at radius 2 is 2.00 bits per heavy atom.